The van der Waals surface area contributed by atoms with Crippen molar-refractivity contribution >= 4 is 5.91 Å². The molecule has 1 spiro atoms. The van der Waals surface area contributed by atoms with Gasteiger partial charge in [-0.2, -0.15) is 8.78 Å². The van der Waals surface area contributed by atoms with Crippen LogP contribution < -0.4 is 0 Å². The maximum atomic E-state index is 13.9. The van der Waals surface area contributed by atoms with Crippen LogP contribution in [0.4, 0.5) is 17.6 Å². The third-order valence-electron chi connectivity index (χ3n) is 7.28. The number of amides is 1. The standard InChI is InChI=1S/C27H26F4N4O2/c1-34(26(36)25(30)31)24(18-3-4-21(28)22(29)12-18)23-5-2-17(13-33-23)15-35-10-7-27(8-11-35)20-14-32-9-6-19(20)16-37-27/h2-6,9,12-14,24-25H,7-8,10-11,15-16H2,1H3/t24-/m0/s1. The summed E-state index contributed by atoms with van der Waals surface area (Å²) in [6.45, 7) is 2.87. The van der Waals surface area contributed by atoms with Gasteiger partial charge in [0.25, 0.3) is 5.91 Å². The quantitative estimate of drug-likeness (QED) is 0.451. The van der Waals surface area contributed by atoms with Crippen LogP contribution in [0, 0.1) is 11.6 Å². The van der Waals surface area contributed by atoms with Gasteiger partial charge in [0.2, 0.25) is 0 Å². The summed E-state index contributed by atoms with van der Waals surface area (Å²) < 4.78 is 59.9. The minimum absolute atomic E-state index is 0.142. The second-order valence-electron chi connectivity index (χ2n) is 9.51. The molecule has 1 aromatic carbocycles. The van der Waals surface area contributed by atoms with E-state index in [1.54, 1.807) is 18.5 Å². The zero-order valence-electron chi connectivity index (χ0n) is 20.2. The van der Waals surface area contributed by atoms with Gasteiger partial charge in [0.15, 0.2) is 11.6 Å². The molecule has 37 heavy (non-hydrogen) atoms. The highest BCUT2D eigenvalue weighted by Gasteiger charge is 2.42. The number of ether oxygens (including phenoxy) is 1. The lowest BCUT2D eigenvalue weighted by molar-refractivity contribution is -0.143. The third kappa shape index (κ3) is 4.95. The molecule has 6 nitrogen and oxygen atoms in total. The minimum Gasteiger partial charge on any atom is -0.365 e. The van der Waals surface area contributed by atoms with Gasteiger partial charge in [-0.25, -0.2) is 8.78 Å². The van der Waals surface area contributed by atoms with Gasteiger partial charge in [0, 0.05) is 50.8 Å². The summed E-state index contributed by atoms with van der Waals surface area (Å²) in [5.41, 5.74) is 3.39. The number of likely N-dealkylation sites (tertiary alicyclic amines) is 1. The second-order valence-corrected chi connectivity index (χ2v) is 9.51. The van der Waals surface area contributed by atoms with Crippen LogP contribution in [0.5, 0.6) is 0 Å². The van der Waals surface area contributed by atoms with E-state index in [1.807, 2.05) is 18.3 Å². The number of pyridine rings is 2. The molecule has 3 aromatic rings. The lowest BCUT2D eigenvalue weighted by atomic mass is 9.84. The van der Waals surface area contributed by atoms with Crippen LogP contribution in [0.2, 0.25) is 0 Å². The van der Waals surface area contributed by atoms with Gasteiger partial charge in [0.05, 0.1) is 23.9 Å². The summed E-state index contributed by atoms with van der Waals surface area (Å²) >= 11 is 0. The molecule has 1 fully saturated rings. The first-order valence-electron chi connectivity index (χ1n) is 12.0. The molecule has 2 aromatic heterocycles. The molecule has 1 atom stereocenters. The number of carbonyl (C=O) groups excluding carboxylic acids is 1. The van der Waals surface area contributed by atoms with Gasteiger partial charge in [0.1, 0.15) is 0 Å². The summed E-state index contributed by atoms with van der Waals surface area (Å²) in [6.07, 6.45) is 3.75. The predicted octanol–water partition coefficient (Wildman–Crippen LogP) is 4.59. The fraction of sp³-hybridized carbons (Fsp3) is 0.370. The Labute approximate surface area is 211 Å². The molecule has 0 aliphatic carbocycles. The van der Waals surface area contributed by atoms with Gasteiger partial charge < -0.3 is 9.64 Å². The first kappa shape index (κ1) is 25.3. The average molecular weight is 515 g/mol. The fourth-order valence-electron chi connectivity index (χ4n) is 5.24. The Morgan fingerprint density at radius 2 is 1.89 bits per heavy atom. The molecule has 0 bridgehead atoms. The Bertz CT molecular complexity index is 1280. The number of hydrogen-bond donors (Lipinski definition) is 0. The van der Waals surface area contributed by atoms with Gasteiger partial charge >= 0.3 is 6.43 Å². The molecule has 4 heterocycles. The van der Waals surface area contributed by atoms with Gasteiger partial charge in [-0.3, -0.25) is 19.7 Å². The molecule has 10 heteroatoms. The Kier molecular flexibility index (Phi) is 6.96. The molecule has 0 saturated carbocycles. The number of fused-ring (bicyclic) bond motifs is 2. The van der Waals surface area contributed by atoms with Gasteiger partial charge in [-0.1, -0.05) is 12.1 Å². The van der Waals surface area contributed by atoms with Crippen molar-refractivity contribution in [3.63, 3.8) is 0 Å². The van der Waals surface area contributed by atoms with E-state index in [1.165, 1.54) is 24.2 Å². The molecular formula is C27H26F4N4O2. The van der Waals surface area contributed by atoms with Crippen molar-refractivity contribution in [2.24, 2.45) is 0 Å². The molecule has 0 N–H and O–H groups in total. The number of aromatic nitrogens is 2. The Balaban J connectivity index is 1.30. The van der Waals surface area contributed by atoms with E-state index in [0.717, 1.165) is 48.5 Å². The Morgan fingerprint density at radius 3 is 2.57 bits per heavy atom. The molecule has 2 aliphatic rings. The predicted molar refractivity (Wildman–Crippen MR) is 126 cm³/mol. The van der Waals surface area contributed by atoms with Crippen molar-refractivity contribution in [2.45, 2.75) is 44.1 Å². The first-order valence-corrected chi connectivity index (χ1v) is 12.0. The largest absolute Gasteiger partial charge is 0.365 e. The summed E-state index contributed by atoms with van der Waals surface area (Å²) in [7, 11) is 1.19. The fourth-order valence-corrected chi connectivity index (χ4v) is 5.24. The molecule has 1 amide bonds. The number of halogens is 4. The Hall–Kier alpha value is -3.37. The van der Waals surface area contributed by atoms with E-state index in [-0.39, 0.29) is 16.9 Å². The minimum atomic E-state index is -3.24. The van der Waals surface area contributed by atoms with E-state index in [9.17, 15) is 22.4 Å². The van der Waals surface area contributed by atoms with Crippen molar-refractivity contribution in [1.82, 2.24) is 19.8 Å². The van der Waals surface area contributed by atoms with Crippen molar-refractivity contribution in [3.05, 3.63) is 94.6 Å². The lowest BCUT2D eigenvalue weighted by Gasteiger charge is -2.39. The molecule has 5 rings (SSSR count). The van der Waals surface area contributed by atoms with E-state index in [4.69, 9.17) is 4.74 Å². The molecular weight excluding hydrogens is 488 g/mol. The molecule has 194 valence electrons. The monoisotopic (exact) mass is 514 g/mol. The topological polar surface area (TPSA) is 58.6 Å². The van der Waals surface area contributed by atoms with Crippen LogP contribution >= 0.6 is 0 Å². The van der Waals surface area contributed by atoms with E-state index in [0.29, 0.717) is 13.2 Å². The Morgan fingerprint density at radius 1 is 1.11 bits per heavy atom. The van der Waals surface area contributed by atoms with E-state index >= 15 is 0 Å². The maximum absolute atomic E-state index is 13.9. The van der Waals surface area contributed by atoms with Crippen LogP contribution in [0.1, 0.15) is 46.8 Å². The van der Waals surface area contributed by atoms with Gasteiger partial charge in [-0.15, -0.1) is 0 Å². The van der Waals surface area contributed by atoms with Crippen LogP contribution in [-0.4, -0.2) is 52.2 Å². The third-order valence-corrected chi connectivity index (χ3v) is 7.28. The van der Waals surface area contributed by atoms with E-state index < -0.39 is 30.0 Å². The normalized spacial score (nSPS) is 17.7. The first-order chi connectivity index (χ1) is 17.8. The zero-order chi connectivity index (χ0) is 26.2. The highest BCUT2D eigenvalue weighted by molar-refractivity contribution is 5.80. The average Bonchev–Trinajstić information content (AvgIpc) is 3.26. The van der Waals surface area contributed by atoms with Gasteiger partial charge in [-0.05, 0) is 53.8 Å². The summed E-state index contributed by atoms with van der Waals surface area (Å²) in [6, 6.07) is 7.40. The van der Waals surface area contributed by atoms with Crippen LogP contribution in [0.15, 0.2) is 55.0 Å². The maximum Gasteiger partial charge on any atom is 0.315 e. The second kappa shape index (κ2) is 10.2. The van der Waals surface area contributed by atoms with E-state index in [2.05, 4.69) is 14.9 Å². The molecule has 0 radical (unpaired) electrons. The zero-order valence-corrected chi connectivity index (χ0v) is 20.2. The molecule has 2 aliphatic heterocycles. The highest BCUT2D eigenvalue weighted by Crippen LogP contribution is 2.43. The van der Waals surface area contributed by atoms with Crippen molar-refractivity contribution < 1.29 is 27.1 Å². The number of rotatable bonds is 6. The number of nitrogens with zero attached hydrogens (tertiary/aromatic N) is 4. The van der Waals surface area contributed by atoms with Crippen molar-refractivity contribution in [1.29, 1.82) is 0 Å². The number of carbonyl (C=O) groups is 1. The van der Waals surface area contributed by atoms with Crippen molar-refractivity contribution in [3.8, 4) is 0 Å². The summed E-state index contributed by atoms with van der Waals surface area (Å²) in [4.78, 5) is 23.8. The SMILES string of the molecule is CN(C(=O)C(F)F)[C@@H](c1ccc(F)c(F)c1)c1ccc(CN2CCC3(CC2)OCc2ccncc23)cn1. The number of benzene rings is 1. The summed E-state index contributed by atoms with van der Waals surface area (Å²) in [5, 5.41) is 0. The number of piperidine rings is 1. The lowest BCUT2D eigenvalue weighted by Crippen LogP contribution is -2.42. The highest BCUT2D eigenvalue weighted by atomic mass is 19.3. The van der Waals surface area contributed by atoms with Crippen LogP contribution in [-0.2, 0) is 28.3 Å². The smallest absolute Gasteiger partial charge is 0.315 e. The number of hydrogen-bond acceptors (Lipinski definition) is 5. The summed E-state index contributed by atoms with van der Waals surface area (Å²) in [5.74, 6) is -3.64. The van der Waals surface area contributed by atoms with Crippen LogP contribution in [0.3, 0.4) is 0 Å². The molecule has 0 unspecified atom stereocenters. The number of alkyl halides is 2. The molecule has 1 saturated heterocycles. The van der Waals surface area contributed by atoms with Crippen molar-refractivity contribution in [2.75, 3.05) is 20.1 Å². The van der Waals surface area contributed by atoms with Crippen LogP contribution in [0.25, 0.3) is 0 Å².